The lowest BCUT2D eigenvalue weighted by Crippen LogP contribution is -1.93. The van der Waals surface area contributed by atoms with Gasteiger partial charge in [0.2, 0.25) is 0 Å². The van der Waals surface area contributed by atoms with Crippen LogP contribution >= 0.6 is 15.9 Å². The molecule has 0 spiro atoms. The normalized spacial score (nSPS) is 9.79. The summed E-state index contributed by atoms with van der Waals surface area (Å²) in [6.45, 7) is 0.992. The summed E-state index contributed by atoms with van der Waals surface area (Å²) in [6, 6.07) is 2.05. The molecule has 0 fully saturated rings. The molecule has 0 aliphatic heterocycles. The van der Waals surface area contributed by atoms with E-state index in [-0.39, 0.29) is 0 Å². The summed E-state index contributed by atoms with van der Waals surface area (Å²) in [4.78, 5) is 13.9. The lowest BCUT2D eigenvalue weighted by Gasteiger charge is -2.01. The molecule has 0 amide bonds. The van der Waals surface area contributed by atoms with Gasteiger partial charge in [0.1, 0.15) is 0 Å². The van der Waals surface area contributed by atoms with Crippen LogP contribution in [0.1, 0.15) is 18.4 Å². The molecule has 0 aliphatic rings. The molecule has 1 rings (SSSR count). The van der Waals surface area contributed by atoms with Gasteiger partial charge in [0.15, 0.2) is 0 Å². The van der Waals surface area contributed by atoms with Crippen LogP contribution in [0.25, 0.3) is 0 Å². The van der Waals surface area contributed by atoms with Gasteiger partial charge >= 0.3 is 0 Å². The molecule has 14 heavy (non-hydrogen) atoms. The zero-order chi connectivity index (χ0) is 10.2. The third-order valence-electron chi connectivity index (χ3n) is 1.81. The van der Waals surface area contributed by atoms with Crippen molar-refractivity contribution in [1.82, 2.24) is 4.98 Å². The standard InChI is InChI=1S/C10H12BrNO2/c11-10-5-9(6-12-7-10)3-1-2-4-14-8-13/h5-8H,1-4H2. The number of rotatable bonds is 6. The smallest absolute Gasteiger partial charge is 0.293 e. The zero-order valence-electron chi connectivity index (χ0n) is 7.78. The Kier molecular flexibility index (Phi) is 5.22. The maximum Gasteiger partial charge on any atom is 0.293 e. The molecule has 0 atom stereocenters. The van der Waals surface area contributed by atoms with Gasteiger partial charge in [0.05, 0.1) is 6.61 Å². The third kappa shape index (κ3) is 4.37. The number of ether oxygens (including phenoxy) is 1. The fraction of sp³-hybridized carbons (Fsp3) is 0.400. The van der Waals surface area contributed by atoms with Crippen LogP contribution in [0, 0.1) is 0 Å². The number of hydrogen-bond acceptors (Lipinski definition) is 3. The van der Waals surface area contributed by atoms with E-state index >= 15 is 0 Å². The maximum atomic E-state index is 9.84. The van der Waals surface area contributed by atoms with Crippen LogP contribution in [-0.2, 0) is 16.0 Å². The van der Waals surface area contributed by atoms with Crippen LogP contribution in [0.4, 0.5) is 0 Å². The first kappa shape index (κ1) is 11.2. The minimum atomic E-state index is 0.487. The highest BCUT2D eigenvalue weighted by molar-refractivity contribution is 9.10. The molecule has 76 valence electrons. The monoisotopic (exact) mass is 257 g/mol. The number of carbonyl (C=O) groups is 1. The summed E-state index contributed by atoms with van der Waals surface area (Å²) in [7, 11) is 0. The van der Waals surface area contributed by atoms with E-state index in [1.165, 1.54) is 5.56 Å². The van der Waals surface area contributed by atoms with Gasteiger partial charge in [-0.15, -0.1) is 0 Å². The van der Waals surface area contributed by atoms with Crippen molar-refractivity contribution >= 4 is 22.4 Å². The highest BCUT2D eigenvalue weighted by atomic mass is 79.9. The van der Waals surface area contributed by atoms with Gasteiger partial charge < -0.3 is 4.74 Å². The molecule has 0 aliphatic carbocycles. The van der Waals surface area contributed by atoms with E-state index in [9.17, 15) is 4.79 Å². The van der Waals surface area contributed by atoms with Crippen molar-refractivity contribution in [2.75, 3.05) is 6.61 Å². The molecule has 4 heteroatoms. The summed E-state index contributed by atoms with van der Waals surface area (Å²) < 4.78 is 5.59. The van der Waals surface area contributed by atoms with Crippen molar-refractivity contribution in [2.45, 2.75) is 19.3 Å². The first-order valence-electron chi connectivity index (χ1n) is 4.47. The molecule has 0 radical (unpaired) electrons. The number of halogens is 1. The van der Waals surface area contributed by atoms with Crippen molar-refractivity contribution < 1.29 is 9.53 Å². The van der Waals surface area contributed by atoms with E-state index in [2.05, 4.69) is 25.7 Å². The van der Waals surface area contributed by atoms with E-state index in [1.807, 2.05) is 12.3 Å². The molecule has 1 heterocycles. The highest BCUT2D eigenvalue weighted by Crippen LogP contribution is 2.11. The van der Waals surface area contributed by atoms with Crippen molar-refractivity contribution in [3.8, 4) is 0 Å². The summed E-state index contributed by atoms with van der Waals surface area (Å²) in [5, 5.41) is 0. The van der Waals surface area contributed by atoms with Gasteiger partial charge in [0, 0.05) is 16.9 Å². The topological polar surface area (TPSA) is 39.2 Å². The first-order chi connectivity index (χ1) is 6.83. The molecule has 1 aromatic rings. The van der Waals surface area contributed by atoms with Gasteiger partial charge in [0.25, 0.3) is 6.47 Å². The highest BCUT2D eigenvalue weighted by Gasteiger charge is 1.95. The maximum absolute atomic E-state index is 9.84. The number of aromatic nitrogens is 1. The van der Waals surface area contributed by atoms with Gasteiger partial charge in [-0.1, -0.05) is 0 Å². The molecule has 0 saturated carbocycles. The molecule has 1 aromatic heterocycles. The Morgan fingerprint density at radius 2 is 2.29 bits per heavy atom. The van der Waals surface area contributed by atoms with Crippen LogP contribution in [0.2, 0.25) is 0 Å². The number of unbranched alkanes of at least 4 members (excludes halogenated alkanes) is 1. The number of carbonyl (C=O) groups excluding carboxylic acids is 1. The Hall–Kier alpha value is -0.900. The summed E-state index contributed by atoms with van der Waals surface area (Å²) >= 11 is 3.36. The molecule has 0 unspecified atom stereocenters. The lowest BCUT2D eigenvalue weighted by molar-refractivity contribution is -0.128. The first-order valence-corrected chi connectivity index (χ1v) is 5.27. The number of nitrogens with zero attached hydrogens (tertiary/aromatic N) is 1. The molecular weight excluding hydrogens is 246 g/mol. The number of pyridine rings is 1. The van der Waals surface area contributed by atoms with E-state index in [0.717, 1.165) is 23.7 Å². The Labute approximate surface area is 91.6 Å². The molecule has 3 nitrogen and oxygen atoms in total. The van der Waals surface area contributed by atoms with Crippen LogP contribution < -0.4 is 0 Å². The summed E-state index contributed by atoms with van der Waals surface area (Å²) in [6.07, 6.45) is 6.48. The SMILES string of the molecule is O=COCCCCc1cncc(Br)c1. The second-order valence-electron chi connectivity index (χ2n) is 2.94. The van der Waals surface area contributed by atoms with Crippen molar-refractivity contribution in [3.63, 3.8) is 0 Å². The van der Waals surface area contributed by atoms with Crippen LogP contribution in [-0.4, -0.2) is 18.1 Å². The van der Waals surface area contributed by atoms with Gasteiger partial charge in [-0.25, -0.2) is 0 Å². The van der Waals surface area contributed by atoms with Gasteiger partial charge in [-0.05, 0) is 46.8 Å². The molecule has 0 bridgehead atoms. The minimum absolute atomic E-state index is 0.487. The second kappa shape index (κ2) is 6.54. The molecular formula is C10H12BrNO2. The van der Waals surface area contributed by atoms with Gasteiger partial charge in [-0.2, -0.15) is 0 Å². The van der Waals surface area contributed by atoms with Crippen LogP contribution in [0.15, 0.2) is 22.9 Å². The molecule has 0 N–H and O–H groups in total. The van der Waals surface area contributed by atoms with E-state index in [0.29, 0.717) is 13.1 Å². The fourth-order valence-electron chi connectivity index (χ4n) is 1.16. The van der Waals surface area contributed by atoms with Crippen molar-refractivity contribution in [1.29, 1.82) is 0 Å². The number of aryl methyl sites for hydroxylation is 1. The molecule has 0 aromatic carbocycles. The van der Waals surface area contributed by atoms with Crippen LogP contribution in [0.3, 0.4) is 0 Å². The second-order valence-corrected chi connectivity index (χ2v) is 3.85. The fourth-order valence-corrected chi connectivity index (χ4v) is 1.57. The molecule has 0 saturated heterocycles. The average Bonchev–Trinajstić information content (AvgIpc) is 2.18. The van der Waals surface area contributed by atoms with Crippen LogP contribution in [0.5, 0.6) is 0 Å². The Bertz CT molecular complexity index is 291. The van der Waals surface area contributed by atoms with Gasteiger partial charge in [-0.3, -0.25) is 9.78 Å². The van der Waals surface area contributed by atoms with E-state index in [1.54, 1.807) is 6.20 Å². The quantitative estimate of drug-likeness (QED) is 0.580. The third-order valence-corrected chi connectivity index (χ3v) is 2.24. The predicted molar refractivity (Wildman–Crippen MR) is 56.9 cm³/mol. The Morgan fingerprint density at radius 1 is 1.43 bits per heavy atom. The van der Waals surface area contributed by atoms with Crippen molar-refractivity contribution in [3.05, 3.63) is 28.5 Å². The average molecular weight is 258 g/mol. The zero-order valence-corrected chi connectivity index (χ0v) is 9.37. The Morgan fingerprint density at radius 3 is 3.00 bits per heavy atom. The lowest BCUT2D eigenvalue weighted by atomic mass is 10.1. The van der Waals surface area contributed by atoms with E-state index in [4.69, 9.17) is 0 Å². The van der Waals surface area contributed by atoms with E-state index < -0.39 is 0 Å². The number of hydrogen-bond donors (Lipinski definition) is 0. The predicted octanol–water partition coefficient (Wildman–Crippen LogP) is 2.34. The van der Waals surface area contributed by atoms with Crippen molar-refractivity contribution in [2.24, 2.45) is 0 Å². The Balaban J connectivity index is 2.21. The summed E-state index contributed by atoms with van der Waals surface area (Å²) in [5.41, 5.74) is 1.20. The minimum Gasteiger partial charge on any atom is -0.468 e. The summed E-state index contributed by atoms with van der Waals surface area (Å²) in [5.74, 6) is 0. The largest absolute Gasteiger partial charge is 0.468 e.